The van der Waals surface area contributed by atoms with Crippen molar-refractivity contribution in [1.82, 2.24) is 14.9 Å². The first-order valence-electron chi connectivity index (χ1n) is 6.53. The smallest absolute Gasteiger partial charge is 0.272 e. The number of nitrogens with two attached hydrogens (primary N) is 1. The van der Waals surface area contributed by atoms with Crippen LogP contribution in [0.5, 0.6) is 0 Å². The molecule has 2 heterocycles. The Balaban J connectivity index is 2.25. The van der Waals surface area contributed by atoms with Crippen LogP contribution in [-0.4, -0.2) is 27.8 Å². The summed E-state index contributed by atoms with van der Waals surface area (Å²) >= 11 is 0. The van der Waals surface area contributed by atoms with E-state index in [0.29, 0.717) is 11.4 Å². The highest BCUT2D eigenvalue weighted by atomic mass is 16.2. The predicted octanol–water partition coefficient (Wildman–Crippen LogP) is 2.28. The van der Waals surface area contributed by atoms with Gasteiger partial charge < -0.3 is 10.6 Å². The third kappa shape index (κ3) is 2.93. The van der Waals surface area contributed by atoms with Crippen molar-refractivity contribution in [2.75, 3.05) is 12.8 Å². The van der Waals surface area contributed by atoms with Gasteiger partial charge >= 0.3 is 0 Å². The van der Waals surface area contributed by atoms with Crippen molar-refractivity contribution in [2.24, 2.45) is 0 Å². The van der Waals surface area contributed by atoms with Crippen LogP contribution in [0.3, 0.4) is 0 Å². The first-order valence-corrected chi connectivity index (χ1v) is 6.53. The molecule has 20 heavy (non-hydrogen) atoms. The van der Waals surface area contributed by atoms with Crippen LogP contribution >= 0.6 is 0 Å². The number of nitrogen functional groups attached to an aromatic ring is 1. The molecular formula is C15H18N4O. The van der Waals surface area contributed by atoms with Gasteiger partial charge in [0.1, 0.15) is 5.69 Å². The normalized spacial score (nSPS) is 11.9. The molecule has 0 aliphatic heterocycles. The first kappa shape index (κ1) is 14.0. The number of carbonyl (C=O) groups is 1. The molecule has 104 valence electrons. The maximum Gasteiger partial charge on any atom is 0.272 e. The number of hydrogen-bond acceptors (Lipinski definition) is 4. The Morgan fingerprint density at radius 3 is 2.70 bits per heavy atom. The molecule has 1 amide bonds. The van der Waals surface area contributed by atoms with E-state index in [1.165, 1.54) is 6.20 Å². The summed E-state index contributed by atoms with van der Waals surface area (Å²) in [6.45, 7) is 2.02. The van der Waals surface area contributed by atoms with Crippen LogP contribution in [0, 0.1) is 0 Å². The van der Waals surface area contributed by atoms with E-state index in [1.807, 2.05) is 25.1 Å². The van der Waals surface area contributed by atoms with E-state index in [-0.39, 0.29) is 11.9 Å². The molecule has 2 rings (SSSR count). The Morgan fingerprint density at radius 2 is 2.10 bits per heavy atom. The number of anilines is 1. The maximum atomic E-state index is 12.5. The highest BCUT2D eigenvalue weighted by Crippen LogP contribution is 2.22. The molecular weight excluding hydrogens is 252 g/mol. The van der Waals surface area contributed by atoms with Crippen LogP contribution in [0.25, 0.3) is 0 Å². The minimum atomic E-state index is -0.158. The molecule has 5 heteroatoms. The van der Waals surface area contributed by atoms with Gasteiger partial charge in [0.2, 0.25) is 0 Å². The molecule has 0 aliphatic rings. The van der Waals surface area contributed by atoms with E-state index in [1.54, 1.807) is 30.3 Å². The van der Waals surface area contributed by atoms with E-state index in [0.717, 1.165) is 12.1 Å². The Bertz CT molecular complexity index is 585. The number of nitrogens with zero attached hydrogens (tertiary/aromatic N) is 3. The van der Waals surface area contributed by atoms with Gasteiger partial charge in [-0.2, -0.15) is 0 Å². The lowest BCUT2D eigenvalue weighted by Gasteiger charge is -2.26. The van der Waals surface area contributed by atoms with Gasteiger partial charge in [-0.15, -0.1) is 0 Å². The van der Waals surface area contributed by atoms with Crippen molar-refractivity contribution >= 4 is 11.6 Å². The monoisotopic (exact) mass is 270 g/mol. The van der Waals surface area contributed by atoms with Crippen molar-refractivity contribution in [2.45, 2.75) is 19.4 Å². The lowest BCUT2D eigenvalue weighted by atomic mass is 10.1. The molecule has 0 spiro atoms. The van der Waals surface area contributed by atoms with Gasteiger partial charge in [-0.3, -0.25) is 14.8 Å². The molecule has 0 radical (unpaired) electrons. The van der Waals surface area contributed by atoms with E-state index in [4.69, 9.17) is 5.73 Å². The van der Waals surface area contributed by atoms with Crippen molar-refractivity contribution in [3.8, 4) is 0 Å². The predicted molar refractivity (Wildman–Crippen MR) is 78.0 cm³/mol. The Morgan fingerprint density at radius 1 is 1.30 bits per heavy atom. The largest absolute Gasteiger partial charge is 0.399 e. The number of pyridine rings is 2. The van der Waals surface area contributed by atoms with Crippen LogP contribution in [0.2, 0.25) is 0 Å². The van der Waals surface area contributed by atoms with Crippen LogP contribution in [0.15, 0.2) is 42.7 Å². The van der Waals surface area contributed by atoms with Gasteiger partial charge in [-0.25, -0.2) is 0 Å². The summed E-state index contributed by atoms with van der Waals surface area (Å²) in [7, 11) is 1.76. The van der Waals surface area contributed by atoms with Crippen LogP contribution < -0.4 is 5.73 Å². The second-order valence-electron chi connectivity index (χ2n) is 4.57. The van der Waals surface area contributed by atoms with E-state index in [9.17, 15) is 4.79 Å². The zero-order valence-corrected chi connectivity index (χ0v) is 11.7. The zero-order chi connectivity index (χ0) is 14.5. The molecule has 0 saturated carbocycles. The average Bonchev–Trinajstić information content (AvgIpc) is 2.48. The summed E-state index contributed by atoms with van der Waals surface area (Å²) < 4.78 is 0. The maximum absolute atomic E-state index is 12.5. The Kier molecular flexibility index (Phi) is 4.30. The molecule has 0 aromatic carbocycles. The molecule has 0 fully saturated rings. The van der Waals surface area contributed by atoms with Crippen molar-refractivity contribution in [1.29, 1.82) is 0 Å². The van der Waals surface area contributed by atoms with E-state index < -0.39 is 0 Å². The Labute approximate surface area is 118 Å². The van der Waals surface area contributed by atoms with Gasteiger partial charge in [-0.05, 0) is 30.7 Å². The summed E-state index contributed by atoms with van der Waals surface area (Å²) in [6.07, 6.45) is 4.05. The number of carbonyl (C=O) groups excluding carboxylic acids is 1. The minimum absolute atomic E-state index is 0.0769. The molecule has 2 N–H and O–H groups in total. The molecule has 2 aromatic rings. The highest BCUT2D eigenvalue weighted by molar-refractivity contribution is 5.93. The van der Waals surface area contributed by atoms with E-state index >= 15 is 0 Å². The fourth-order valence-corrected chi connectivity index (χ4v) is 2.14. The van der Waals surface area contributed by atoms with Crippen molar-refractivity contribution in [3.63, 3.8) is 0 Å². The lowest BCUT2D eigenvalue weighted by molar-refractivity contribution is 0.0717. The average molecular weight is 270 g/mol. The van der Waals surface area contributed by atoms with Gasteiger partial charge in [0, 0.05) is 25.1 Å². The summed E-state index contributed by atoms with van der Waals surface area (Å²) in [5.74, 6) is -0.158. The molecule has 1 atom stereocenters. The van der Waals surface area contributed by atoms with E-state index in [2.05, 4.69) is 9.97 Å². The molecule has 2 aromatic heterocycles. The van der Waals surface area contributed by atoms with Crippen molar-refractivity contribution in [3.05, 3.63) is 54.1 Å². The SMILES string of the molecule is CCC(c1ccccn1)N(C)C(=O)c1cc(N)ccn1. The summed E-state index contributed by atoms with van der Waals surface area (Å²) in [5, 5.41) is 0. The van der Waals surface area contributed by atoms with Gasteiger partial charge in [0.05, 0.1) is 11.7 Å². The van der Waals surface area contributed by atoms with Gasteiger partial charge in [-0.1, -0.05) is 13.0 Å². The highest BCUT2D eigenvalue weighted by Gasteiger charge is 2.23. The van der Waals surface area contributed by atoms with Crippen LogP contribution in [-0.2, 0) is 0 Å². The third-order valence-corrected chi connectivity index (χ3v) is 3.21. The second-order valence-corrected chi connectivity index (χ2v) is 4.57. The Hall–Kier alpha value is -2.43. The minimum Gasteiger partial charge on any atom is -0.399 e. The number of aromatic nitrogens is 2. The first-order chi connectivity index (χ1) is 9.63. The molecule has 5 nitrogen and oxygen atoms in total. The quantitative estimate of drug-likeness (QED) is 0.925. The third-order valence-electron chi connectivity index (χ3n) is 3.21. The fraction of sp³-hybridized carbons (Fsp3) is 0.267. The molecule has 0 bridgehead atoms. The number of rotatable bonds is 4. The number of amides is 1. The molecule has 1 unspecified atom stereocenters. The van der Waals surface area contributed by atoms with Crippen molar-refractivity contribution < 1.29 is 4.79 Å². The summed E-state index contributed by atoms with van der Waals surface area (Å²) in [5.41, 5.74) is 7.44. The fourth-order valence-electron chi connectivity index (χ4n) is 2.14. The van der Waals surface area contributed by atoms with Crippen LogP contribution in [0.4, 0.5) is 5.69 Å². The topological polar surface area (TPSA) is 72.1 Å². The molecule has 0 aliphatic carbocycles. The lowest BCUT2D eigenvalue weighted by Crippen LogP contribution is -2.32. The number of hydrogen-bond donors (Lipinski definition) is 1. The van der Waals surface area contributed by atoms with Gasteiger partial charge in [0.25, 0.3) is 5.91 Å². The molecule has 0 saturated heterocycles. The van der Waals surface area contributed by atoms with Crippen LogP contribution in [0.1, 0.15) is 35.6 Å². The zero-order valence-electron chi connectivity index (χ0n) is 11.7. The second kappa shape index (κ2) is 6.14. The standard InChI is InChI=1S/C15H18N4O/c1-3-14(12-6-4-5-8-17-12)19(2)15(20)13-10-11(16)7-9-18-13/h4-10,14H,3H2,1-2H3,(H2,16,18). The summed E-state index contributed by atoms with van der Waals surface area (Å²) in [4.78, 5) is 22.5. The summed E-state index contributed by atoms with van der Waals surface area (Å²) in [6, 6.07) is 8.87. The van der Waals surface area contributed by atoms with Gasteiger partial charge in [0.15, 0.2) is 0 Å².